The number of anilines is 1. The summed E-state index contributed by atoms with van der Waals surface area (Å²) in [5.41, 5.74) is 5.95. The maximum Gasteiger partial charge on any atom is 0.0620 e. The van der Waals surface area contributed by atoms with Gasteiger partial charge < -0.3 is 4.90 Å². The Morgan fingerprint density at radius 2 is 1.80 bits per heavy atom. The van der Waals surface area contributed by atoms with Gasteiger partial charge in [-0.2, -0.15) is 5.10 Å². The Labute approximate surface area is 165 Å². The summed E-state index contributed by atoms with van der Waals surface area (Å²) in [5, 5.41) is 5.54. The van der Waals surface area contributed by atoms with E-state index in [1.807, 2.05) is 44.4 Å². The number of halogens is 3. The topological polar surface area (TPSA) is 27.6 Å². The van der Waals surface area contributed by atoms with Crippen LogP contribution in [0.3, 0.4) is 0 Å². The zero-order chi connectivity index (χ0) is 17.4. The molecular weight excluding hydrogens is 377 g/mol. The highest BCUT2D eigenvalue weighted by Gasteiger charge is 2.01. The molecule has 1 N–H and O–H groups in total. The van der Waals surface area contributed by atoms with Gasteiger partial charge in [0.15, 0.2) is 0 Å². The molecule has 2 aromatic rings. The molecule has 0 spiro atoms. The summed E-state index contributed by atoms with van der Waals surface area (Å²) < 4.78 is 0. The van der Waals surface area contributed by atoms with Crippen LogP contribution in [0.25, 0.3) is 6.08 Å². The minimum Gasteiger partial charge on any atom is -0.309 e. The van der Waals surface area contributed by atoms with E-state index in [1.54, 1.807) is 12.1 Å². The van der Waals surface area contributed by atoms with E-state index in [2.05, 4.69) is 33.6 Å². The van der Waals surface area contributed by atoms with Gasteiger partial charge >= 0.3 is 0 Å². The van der Waals surface area contributed by atoms with E-state index in [1.165, 1.54) is 0 Å². The zero-order valence-corrected chi connectivity index (χ0v) is 16.6. The van der Waals surface area contributed by atoms with Gasteiger partial charge in [-0.25, -0.2) is 0 Å². The largest absolute Gasteiger partial charge is 0.309 e. The van der Waals surface area contributed by atoms with Crippen LogP contribution in [0.2, 0.25) is 10.0 Å². The van der Waals surface area contributed by atoms with Crippen molar-refractivity contribution in [1.29, 1.82) is 0 Å². The molecule has 0 fully saturated rings. The molecule has 25 heavy (non-hydrogen) atoms. The van der Waals surface area contributed by atoms with Gasteiger partial charge in [0.2, 0.25) is 0 Å². The van der Waals surface area contributed by atoms with E-state index in [0.717, 1.165) is 29.9 Å². The second kappa shape index (κ2) is 11.2. The van der Waals surface area contributed by atoms with Crippen molar-refractivity contribution in [2.75, 3.05) is 26.1 Å². The highest BCUT2D eigenvalue weighted by molar-refractivity contribution is 6.42. The van der Waals surface area contributed by atoms with E-state index < -0.39 is 0 Å². The molecule has 0 saturated heterocycles. The summed E-state index contributed by atoms with van der Waals surface area (Å²) in [4.78, 5) is 2.13. The van der Waals surface area contributed by atoms with Crippen molar-refractivity contribution in [3.63, 3.8) is 0 Å². The van der Waals surface area contributed by atoms with Crippen LogP contribution in [-0.4, -0.2) is 31.3 Å². The van der Waals surface area contributed by atoms with Crippen LogP contribution >= 0.6 is 35.6 Å². The van der Waals surface area contributed by atoms with E-state index in [0.29, 0.717) is 10.0 Å². The third-order valence-corrected chi connectivity index (χ3v) is 4.07. The third kappa shape index (κ3) is 7.93. The van der Waals surface area contributed by atoms with Gasteiger partial charge in [0.1, 0.15) is 0 Å². The van der Waals surface area contributed by atoms with Crippen molar-refractivity contribution >= 4 is 53.1 Å². The maximum absolute atomic E-state index is 6.03. The van der Waals surface area contributed by atoms with Crippen molar-refractivity contribution in [2.45, 2.75) is 6.42 Å². The quantitative estimate of drug-likeness (QED) is 0.468. The van der Waals surface area contributed by atoms with E-state index in [4.69, 9.17) is 23.2 Å². The fourth-order valence-corrected chi connectivity index (χ4v) is 2.27. The molecule has 0 atom stereocenters. The molecule has 0 unspecified atom stereocenters. The molecule has 0 aliphatic heterocycles. The number of rotatable bonds is 7. The molecule has 2 aromatic carbocycles. The van der Waals surface area contributed by atoms with Gasteiger partial charge in [0.25, 0.3) is 0 Å². The first kappa shape index (κ1) is 21.5. The predicted molar refractivity (Wildman–Crippen MR) is 113 cm³/mol. The van der Waals surface area contributed by atoms with E-state index in [-0.39, 0.29) is 12.4 Å². The first-order chi connectivity index (χ1) is 11.5. The van der Waals surface area contributed by atoms with Gasteiger partial charge in [0.05, 0.1) is 21.4 Å². The average Bonchev–Trinajstić information content (AvgIpc) is 2.58. The van der Waals surface area contributed by atoms with Crippen LogP contribution < -0.4 is 5.43 Å². The Morgan fingerprint density at radius 1 is 1.08 bits per heavy atom. The lowest BCUT2D eigenvalue weighted by molar-refractivity contribution is 0.422. The Balaban J connectivity index is 0.00000312. The van der Waals surface area contributed by atoms with Crippen LogP contribution in [0.4, 0.5) is 5.69 Å². The van der Waals surface area contributed by atoms with Crippen LogP contribution in [-0.2, 0) is 0 Å². The molecule has 3 nitrogen and oxygen atoms in total. The second-order valence-electron chi connectivity index (χ2n) is 5.64. The summed E-state index contributed by atoms with van der Waals surface area (Å²) in [6.07, 6.45) is 4.93. The molecule has 134 valence electrons. The second-order valence-corrected chi connectivity index (χ2v) is 6.46. The number of hydrogen-bond donors (Lipinski definition) is 1. The number of benzene rings is 2. The van der Waals surface area contributed by atoms with Crippen LogP contribution in [0.5, 0.6) is 0 Å². The smallest absolute Gasteiger partial charge is 0.0620 e. The molecule has 0 bridgehead atoms. The minimum atomic E-state index is 0. The summed E-state index contributed by atoms with van der Waals surface area (Å²) in [5.74, 6) is 0. The third-order valence-electron chi connectivity index (χ3n) is 3.33. The van der Waals surface area contributed by atoms with Crippen molar-refractivity contribution in [3.05, 3.63) is 70.2 Å². The number of nitrogens with zero attached hydrogens (tertiary/aromatic N) is 2. The molecule has 0 heterocycles. The van der Waals surface area contributed by atoms with Crippen molar-refractivity contribution < 1.29 is 0 Å². The molecule has 2 rings (SSSR count). The van der Waals surface area contributed by atoms with Crippen molar-refractivity contribution in [1.82, 2.24) is 4.90 Å². The standard InChI is InChI=1S/C19H21Cl2N3.ClH/c1-24(2)13-12-16(9-8-15-6-4-3-5-7-15)22-23-17-10-11-18(20)19(21)14-17;/h3-11,14,23H,12-13H2,1-2H3;1H/b9-8+,22-16-;. The number of hydrazone groups is 1. The lowest BCUT2D eigenvalue weighted by Gasteiger charge is -2.10. The molecule has 0 aliphatic carbocycles. The Kier molecular flexibility index (Phi) is 9.61. The van der Waals surface area contributed by atoms with Crippen LogP contribution in [0.1, 0.15) is 12.0 Å². The van der Waals surface area contributed by atoms with Gasteiger partial charge in [-0.05, 0) is 43.9 Å². The first-order valence-electron chi connectivity index (χ1n) is 7.70. The SMILES string of the molecule is CN(C)CCC(/C=C/c1ccccc1)=N\Nc1ccc(Cl)c(Cl)c1.Cl. The summed E-state index contributed by atoms with van der Waals surface area (Å²) in [7, 11) is 4.09. The zero-order valence-electron chi connectivity index (χ0n) is 14.2. The average molecular weight is 399 g/mol. The number of hydrogen-bond acceptors (Lipinski definition) is 3. The molecule has 0 aromatic heterocycles. The lowest BCUT2D eigenvalue weighted by Crippen LogP contribution is -2.16. The van der Waals surface area contributed by atoms with Crippen molar-refractivity contribution in [2.24, 2.45) is 5.10 Å². The maximum atomic E-state index is 6.03. The Morgan fingerprint density at radius 3 is 2.44 bits per heavy atom. The molecular formula is C19H22Cl3N3. The summed E-state index contributed by atoms with van der Waals surface area (Å²) >= 11 is 12.0. The van der Waals surface area contributed by atoms with E-state index >= 15 is 0 Å². The number of nitrogens with one attached hydrogen (secondary N) is 1. The van der Waals surface area contributed by atoms with Crippen LogP contribution in [0.15, 0.2) is 59.7 Å². The molecule has 6 heteroatoms. The molecule has 0 radical (unpaired) electrons. The van der Waals surface area contributed by atoms with Crippen LogP contribution in [0, 0.1) is 0 Å². The highest BCUT2D eigenvalue weighted by Crippen LogP contribution is 2.25. The molecule has 0 saturated carbocycles. The van der Waals surface area contributed by atoms with E-state index in [9.17, 15) is 0 Å². The fraction of sp³-hybridized carbons (Fsp3) is 0.211. The summed E-state index contributed by atoms with van der Waals surface area (Å²) in [6, 6.07) is 15.5. The normalized spacial score (nSPS) is 11.6. The summed E-state index contributed by atoms with van der Waals surface area (Å²) in [6.45, 7) is 0.918. The Hall–Kier alpha value is -1.52. The molecule has 0 amide bonds. The Bertz CT molecular complexity index is 713. The molecule has 0 aliphatic rings. The predicted octanol–water partition coefficient (Wildman–Crippen LogP) is 5.85. The fourth-order valence-electron chi connectivity index (χ4n) is 1.97. The highest BCUT2D eigenvalue weighted by atomic mass is 35.5. The minimum absolute atomic E-state index is 0. The number of allylic oxidation sites excluding steroid dienone is 1. The van der Waals surface area contributed by atoms with Crippen molar-refractivity contribution in [3.8, 4) is 0 Å². The first-order valence-corrected chi connectivity index (χ1v) is 8.45. The van der Waals surface area contributed by atoms with Gasteiger partial charge in [0, 0.05) is 13.0 Å². The lowest BCUT2D eigenvalue weighted by atomic mass is 10.1. The monoisotopic (exact) mass is 397 g/mol. The van der Waals surface area contributed by atoms with Gasteiger partial charge in [-0.3, -0.25) is 5.43 Å². The van der Waals surface area contributed by atoms with Gasteiger partial charge in [-0.1, -0.05) is 59.6 Å². The van der Waals surface area contributed by atoms with Gasteiger partial charge in [-0.15, -0.1) is 12.4 Å².